The lowest BCUT2D eigenvalue weighted by atomic mass is 9.95. The Kier molecular flexibility index (Phi) is 8.48. The van der Waals surface area contributed by atoms with E-state index in [0.717, 1.165) is 6.07 Å². The van der Waals surface area contributed by atoms with Crippen molar-refractivity contribution in [3.8, 4) is 28.7 Å². The third-order valence-corrected chi connectivity index (χ3v) is 7.50. The smallest absolute Gasteiger partial charge is 0.229 e. The molecule has 3 aliphatic rings. The van der Waals surface area contributed by atoms with Gasteiger partial charge in [0, 0.05) is 12.1 Å². The zero-order chi connectivity index (χ0) is 30.5. The van der Waals surface area contributed by atoms with Gasteiger partial charge in [-0.2, -0.15) is 0 Å². The number of hydrogen-bond acceptors (Lipinski definition) is 15. The summed E-state index contributed by atoms with van der Waals surface area (Å²) in [6.07, 6.45) is -16.1. The number of ketones is 1. The van der Waals surface area contributed by atoms with Gasteiger partial charge in [0.2, 0.25) is 6.29 Å². The fraction of sp³-hybridized carbons (Fsp3) is 0.519. The lowest BCUT2D eigenvalue weighted by Crippen LogP contribution is -2.61. The first-order chi connectivity index (χ1) is 19.8. The molecule has 2 fully saturated rings. The highest BCUT2D eigenvalue weighted by Crippen LogP contribution is 2.43. The van der Waals surface area contributed by atoms with E-state index in [0.29, 0.717) is 5.56 Å². The van der Waals surface area contributed by atoms with Crippen molar-refractivity contribution in [2.45, 2.75) is 80.9 Å². The van der Waals surface area contributed by atoms with E-state index in [-0.39, 0.29) is 29.2 Å². The van der Waals surface area contributed by atoms with E-state index < -0.39 is 91.4 Å². The van der Waals surface area contributed by atoms with Crippen LogP contribution in [0.3, 0.4) is 0 Å². The molecule has 2 aromatic carbocycles. The molecular formula is C27H32O15. The number of aromatic hydroxyl groups is 3. The summed E-state index contributed by atoms with van der Waals surface area (Å²) in [5.41, 5.74) is 0.255. The molecule has 5 rings (SSSR count). The summed E-state index contributed by atoms with van der Waals surface area (Å²) in [5.74, 6) is -1.96. The van der Waals surface area contributed by atoms with Gasteiger partial charge in [-0.3, -0.25) is 4.79 Å². The monoisotopic (exact) mass is 596 g/mol. The van der Waals surface area contributed by atoms with E-state index in [1.165, 1.54) is 31.2 Å². The number of Topliss-reactive ketones (excluding diaryl/α,β-unsaturated/α-hetero) is 1. The molecule has 0 spiro atoms. The Morgan fingerprint density at radius 1 is 0.786 bits per heavy atom. The Morgan fingerprint density at radius 2 is 1.48 bits per heavy atom. The standard InChI is InChI=1S/C27H32O15/c1-9-20(32)22(34)24(36)26(39-9)38-8-18-21(33)23(35)25(37)27(42-18)40-11-5-14(30)19-15(31)7-16(41-17(19)6-11)10-2-3-12(28)13(29)4-10/h2-6,9,16,18,20-30,32-37H,7-8H2,1H3/t9-,16-,18-,20+,21-,22+,23+,24-,25-,26-,27-/m1/s1. The molecule has 0 amide bonds. The number of benzene rings is 2. The highest BCUT2D eigenvalue weighted by molar-refractivity contribution is 6.02. The van der Waals surface area contributed by atoms with Crippen molar-refractivity contribution in [2.75, 3.05) is 6.61 Å². The van der Waals surface area contributed by atoms with Gasteiger partial charge in [-0.1, -0.05) is 6.07 Å². The molecule has 0 saturated carbocycles. The maximum Gasteiger partial charge on any atom is 0.229 e. The quantitative estimate of drug-likeness (QED) is 0.173. The third-order valence-electron chi connectivity index (χ3n) is 7.50. The number of fused-ring (bicyclic) bond motifs is 1. The molecule has 0 bridgehead atoms. The van der Waals surface area contributed by atoms with Crippen LogP contribution < -0.4 is 9.47 Å². The molecule has 0 unspecified atom stereocenters. The van der Waals surface area contributed by atoms with E-state index >= 15 is 0 Å². The van der Waals surface area contributed by atoms with Gasteiger partial charge < -0.3 is 69.6 Å². The highest BCUT2D eigenvalue weighted by Gasteiger charge is 2.47. The van der Waals surface area contributed by atoms with Crippen LogP contribution in [0.2, 0.25) is 0 Å². The summed E-state index contributed by atoms with van der Waals surface area (Å²) >= 11 is 0. The molecule has 15 nitrogen and oxygen atoms in total. The average Bonchev–Trinajstić information content (AvgIpc) is 2.95. The van der Waals surface area contributed by atoms with Crippen LogP contribution in [-0.2, 0) is 14.2 Å². The SMILES string of the molecule is C[C@H]1O[C@@H](OC[C@H]2O[C@@H](Oc3cc(O)c4c(c3)O[C@@H](c3ccc(O)c(O)c3)CC4=O)[C@H](O)[C@@H](O)[C@@H]2O)[C@H](O)[C@@H](O)[C@H]1O. The first-order valence-electron chi connectivity index (χ1n) is 13.1. The zero-order valence-electron chi connectivity index (χ0n) is 22.1. The number of ether oxygens (including phenoxy) is 5. The summed E-state index contributed by atoms with van der Waals surface area (Å²) in [6, 6.07) is 6.26. The zero-order valence-corrected chi connectivity index (χ0v) is 22.1. The van der Waals surface area contributed by atoms with Crippen LogP contribution >= 0.6 is 0 Å². The Labute approximate surface area is 238 Å². The van der Waals surface area contributed by atoms with Crippen molar-refractivity contribution in [1.29, 1.82) is 0 Å². The normalized spacial score (nSPS) is 36.6. The Hall–Kier alpha value is -3.25. The Bertz CT molecular complexity index is 1300. The van der Waals surface area contributed by atoms with E-state index in [1.54, 1.807) is 0 Å². The lowest BCUT2D eigenvalue weighted by molar-refractivity contribution is -0.318. The topological polar surface area (TPSA) is 245 Å². The molecule has 0 aromatic heterocycles. The van der Waals surface area contributed by atoms with Crippen molar-refractivity contribution in [3.63, 3.8) is 0 Å². The van der Waals surface area contributed by atoms with E-state index in [1.807, 2.05) is 0 Å². The van der Waals surface area contributed by atoms with Crippen LogP contribution in [0.1, 0.15) is 35.4 Å². The maximum absolute atomic E-state index is 12.8. The van der Waals surface area contributed by atoms with Crippen LogP contribution in [-0.4, -0.2) is 120 Å². The van der Waals surface area contributed by atoms with Crippen LogP contribution in [0, 0.1) is 0 Å². The van der Waals surface area contributed by atoms with Gasteiger partial charge in [-0.15, -0.1) is 0 Å². The average molecular weight is 597 g/mol. The fourth-order valence-electron chi connectivity index (χ4n) is 5.04. The van der Waals surface area contributed by atoms with Crippen LogP contribution in [0.4, 0.5) is 0 Å². The number of phenolic OH excluding ortho intramolecular Hbond substituents is 3. The van der Waals surface area contributed by atoms with Crippen molar-refractivity contribution in [3.05, 3.63) is 41.5 Å². The van der Waals surface area contributed by atoms with E-state index in [9.17, 15) is 50.8 Å². The largest absolute Gasteiger partial charge is 0.507 e. The Balaban J connectivity index is 1.30. The predicted octanol–water partition coefficient (Wildman–Crippen LogP) is -1.46. The summed E-state index contributed by atoms with van der Waals surface area (Å²) in [4.78, 5) is 12.8. The molecule has 11 atom stereocenters. The van der Waals surface area contributed by atoms with Gasteiger partial charge in [-0.25, -0.2) is 0 Å². The molecule has 0 aliphatic carbocycles. The van der Waals surface area contributed by atoms with Crippen molar-refractivity contribution in [1.82, 2.24) is 0 Å². The number of rotatable bonds is 6. The molecule has 0 radical (unpaired) electrons. The number of carbonyl (C=O) groups excluding carboxylic acids is 1. The second kappa shape index (κ2) is 11.8. The predicted molar refractivity (Wildman–Crippen MR) is 136 cm³/mol. The highest BCUT2D eigenvalue weighted by atomic mass is 16.7. The Morgan fingerprint density at radius 3 is 2.19 bits per heavy atom. The van der Waals surface area contributed by atoms with Gasteiger partial charge in [0.05, 0.1) is 19.1 Å². The molecular weight excluding hydrogens is 564 g/mol. The van der Waals surface area contributed by atoms with Crippen LogP contribution in [0.25, 0.3) is 0 Å². The maximum atomic E-state index is 12.8. The number of aliphatic hydroxyl groups excluding tert-OH is 6. The van der Waals surface area contributed by atoms with E-state index in [2.05, 4.69) is 0 Å². The summed E-state index contributed by atoms with van der Waals surface area (Å²) < 4.78 is 27.9. The van der Waals surface area contributed by atoms with E-state index in [4.69, 9.17) is 23.7 Å². The number of aliphatic hydroxyl groups is 6. The summed E-state index contributed by atoms with van der Waals surface area (Å²) in [7, 11) is 0. The number of hydrogen-bond donors (Lipinski definition) is 9. The number of carbonyl (C=O) groups is 1. The number of phenols is 3. The molecule has 3 aliphatic heterocycles. The minimum Gasteiger partial charge on any atom is -0.507 e. The molecule has 42 heavy (non-hydrogen) atoms. The summed E-state index contributed by atoms with van der Waals surface area (Å²) in [5, 5.41) is 91.3. The fourth-order valence-corrected chi connectivity index (χ4v) is 5.04. The van der Waals surface area contributed by atoms with Crippen molar-refractivity contribution in [2.24, 2.45) is 0 Å². The molecule has 2 saturated heterocycles. The molecule has 230 valence electrons. The lowest BCUT2D eigenvalue weighted by Gasteiger charge is -2.42. The van der Waals surface area contributed by atoms with Crippen molar-refractivity contribution < 1.29 is 74.4 Å². The van der Waals surface area contributed by atoms with Crippen LogP contribution in [0.5, 0.6) is 28.7 Å². The molecule has 3 heterocycles. The second-order valence-electron chi connectivity index (χ2n) is 10.4. The summed E-state index contributed by atoms with van der Waals surface area (Å²) in [6.45, 7) is 0.949. The van der Waals surface area contributed by atoms with Gasteiger partial charge in [0.15, 0.2) is 23.6 Å². The first-order valence-corrected chi connectivity index (χ1v) is 13.1. The van der Waals surface area contributed by atoms with Gasteiger partial charge in [-0.05, 0) is 24.6 Å². The minimum absolute atomic E-state index is 0.0807. The minimum atomic E-state index is -1.78. The first kappa shape index (κ1) is 30.2. The molecule has 15 heteroatoms. The van der Waals surface area contributed by atoms with Gasteiger partial charge >= 0.3 is 0 Å². The van der Waals surface area contributed by atoms with Crippen LogP contribution in [0.15, 0.2) is 30.3 Å². The second-order valence-corrected chi connectivity index (χ2v) is 10.4. The molecule has 2 aromatic rings. The van der Waals surface area contributed by atoms with Gasteiger partial charge in [0.25, 0.3) is 0 Å². The third kappa shape index (κ3) is 5.70. The molecule has 9 N–H and O–H groups in total. The van der Waals surface area contributed by atoms with Gasteiger partial charge in [0.1, 0.15) is 71.6 Å². The van der Waals surface area contributed by atoms with Crippen molar-refractivity contribution >= 4 is 5.78 Å².